The van der Waals surface area contributed by atoms with Crippen molar-refractivity contribution in [2.24, 2.45) is 0 Å². The molecule has 2 aromatic rings. The first-order valence-electron chi connectivity index (χ1n) is 6.86. The summed E-state index contributed by atoms with van der Waals surface area (Å²) in [6.07, 6.45) is 0. The third-order valence-electron chi connectivity index (χ3n) is 3.46. The van der Waals surface area contributed by atoms with Gasteiger partial charge in [0.1, 0.15) is 24.0 Å². The van der Waals surface area contributed by atoms with Gasteiger partial charge in [-0.1, -0.05) is 17.7 Å². The van der Waals surface area contributed by atoms with E-state index in [0.717, 1.165) is 17.2 Å². The van der Waals surface area contributed by atoms with Crippen LogP contribution in [0.15, 0.2) is 36.4 Å². The standard InChI is InChI=1S/C17H19F2NO/c1-11-4-7-17(15(8-11)12(2)20-3)21-10-13-5-6-14(18)9-16(13)19/h4-9,12,20H,10H2,1-3H3. The number of hydrogen-bond donors (Lipinski definition) is 1. The van der Waals surface area contributed by atoms with Gasteiger partial charge in [-0.3, -0.25) is 0 Å². The lowest BCUT2D eigenvalue weighted by Crippen LogP contribution is -2.14. The van der Waals surface area contributed by atoms with E-state index in [4.69, 9.17) is 4.74 Å². The van der Waals surface area contributed by atoms with Crippen LogP contribution >= 0.6 is 0 Å². The third-order valence-corrected chi connectivity index (χ3v) is 3.46. The molecule has 1 unspecified atom stereocenters. The van der Waals surface area contributed by atoms with Crippen molar-refractivity contribution in [2.75, 3.05) is 7.05 Å². The Bertz CT molecular complexity index is 628. The van der Waals surface area contributed by atoms with E-state index >= 15 is 0 Å². The average Bonchev–Trinajstić information content (AvgIpc) is 2.46. The summed E-state index contributed by atoms with van der Waals surface area (Å²) >= 11 is 0. The van der Waals surface area contributed by atoms with Gasteiger partial charge < -0.3 is 10.1 Å². The van der Waals surface area contributed by atoms with Crippen LogP contribution in [0.2, 0.25) is 0 Å². The Morgan fingerprint density at radius 2 is 1.90 bits per heavy atom. The van der Waals surface area contributed by atoms with E-state index in [9.17, 15) is 8.78 Å². The lowest BCUT2D eigenvalue weighted by Gasteiger charge is -2.17. The summed E-state index contributed by atoms with van der Waals surface area (Å²) in [5, 5.41) is 3.16. The van der Waals surface area contributed by atoms with E-state index in [0.29, 0.717) is 11.3 Å². The van der Waals surface area contributed by atoms with E-state index in [1.54, 1.807) is 0 Å². The normalized spacial score (nSPS) is 12.2. The molecule has 0 saturated heterocycles. The highest BCUT2D eigenvalue weighted by atomic mass is 19.1. The molecule has 0 saturated carbocycles. The highest BCUT2D eigenvalue weighted by Gasteiger charge is 2.12. The molecule has 4 heteroatoms. The van der Waals surface area contributed by atoms with E-state index < -0.39 is 11.6 Å². The van der Waals surface area contributed by atoms with E-state index in [1.807, 2.05) is 39.1 Å². The van der Waals surface area contributed by atoms with Crippen molar-refractivity contribution >= 4 is 0 Å². The fourth-order valence-electron chi connectivity index (χ4n) is 2.09. The molecule has 0 aliphatic heterocycles. The zero-order valence-electron chi connectivity index (χ0n) is 12.4. The van der Waals surface area contributed by atoms with Gasteiger partial charge in [-0.05, 0) is 39.1 Å². The zero-order valence-corrected chi connectivity index (χ0v) is 12.4. The highest BCUT2D eigenvalue weighted by molar-refractivity contribution is 5.39. The molecule has 0 aliphatic carbocycles. The number of nitrogens with one attached hydrogen (secondary N) is 1. The first-order valence-corrected chi connectivity index (χ1v) is 6.86. The Morgan fingerprint density at radius 1 is 1.14 bits per heavy atom. The van der Waals surface area contributed by atoms with Crippen molar-refractivity contribution in [3.05, 3.63) is 64.7 Å². The second-order valence-electron chi connectivity index (χ2n) is 5.08. The van der Waals surface area contributed by atoms with Crippen molar-refractivity contribution in [2.45, 2.75) is 26.5 Å². The number of ether oxygens (including phenoxy) is 1. The zero-order chi connectivity index (χ0) is 15.4. The topological polar surface area (TPSA) is 21.3 Å². The second-order valence-corrected chi connectivity index (χ2v) is 5.08. The molecular weight excluding hydrogens is 272 g/mol. The van der Waals surface area contributed by atoms with Gasteiger partial charge >= 0.3 is 0 Å². The number of hydrogen-bond acceptors (Lipinski definition) is 2. The minimum absolute atomic E-state index is 0.0681. The Labute approximate surface area is 123 Å². The van der Waals surface area contributed by atoms with Crippen LogP contribution in [0.3, 0.4) is 0 Å². The minimum Gasteiger partial charge on any atom is -0.488 e. The maximum absolute atomic E-state index is 13.6. The average molecular weight is 291 g/mol. The van der Waals surface area contributed by atoms with Gasteiger partial charge in [-0.2, -0.15) is 0 Å². The molecule has 1 atom stereocenters. The molecule has 112 valence electrons. The molecule has 0 heterocycles. The quantitative estimate of drug-likeness (QED) is 0.894. The van der Waals surface area contributed by atoms with Crippen LogP contribution < -0.4 is 10.1 Å². The number of aryl methyl sites for hydroxylation is 1. The highest BCUT2D eigenvalue weighted by Crippen LogP contribution is 2.27. The molecule has 0 spiro atoms. The van der Waals surface area contributed by atoms with Crippen molar-refractivity contribution < 1.29 is 13.5 Å². The van der Waals surface area contributed by atoms with Crippen molar-refractivity contribution in [3.63, 3.8) is 0 Å². The van der Waals surface area contributed by atoms with Crippen LogP contribution in [0.25, 0.3) is 0 Å². The molecule has 1 N–H and O–H groups in total. The summed E-state index contributed by atoms with van der Waals surface area (Å²) in [5.74, 6) is -0.479. The molecule has 2 rings (SSSR count). The van der Waals surface area contributed by atoms with Crippen LogP contribution in [0.4, 0.5) is 8.78 Å². The fourth-order valence-corrected chi connectivity index (χ4v) is 2.09. The van der Waals surface area contributed by atoms with Crippen LogP contribution in [0, 0.1) is 18.6 Å². The van der Waals surface area contributed by atoms with Gasteiger partial charge in [-0.15, -0.1) is 0 Å². The van der Waals surface area contributed by atoms with Crippen molar-refractivity contribution in [1.82, 2.24) is 5.32 Å². The first kappa shape index (κ1) is 15.4. The molecule has 0 amide bonds. The van der Waals surface area contributed by atoms with Crippen molar-refractivity contribution in [3.8, 4) is 5.75 Å². The lowest BCUT2D eigenvalue weighted by molar-refractivity contribution is 0.294. The Hall–Kier alpha value is -1.94. The molecule has 2 aromatic carbocycles. The lowest BCUT2D eigenvalue weighted by atomic mass is 10.0. The van der Waals surface area contributed by atoms with Crippen LogP contribution in [-0.4, -0.2) is 7.05 Å². The van der Waals surface area contributed by atoms with Gasteiger partial charge in [0.2, 0.25) is 0 Å². The summed E-state index contributed by atoms with van der Waals surface area (Å²) in [6, 6.07) is 9.48. The Kier molecular flexibility index (Phi) is 4.91. The Morgan fingerprint density at radius 3 is 2.57 bits per heavy atom. The van der Waals surface area contributed by atoms with Crippen LogP contribution in [0.5, 0.6) is 5.75 Å². The number of rotatable bonds is 5. The van der Waals surface area contributed by atoms with Gasteiger partial charge in [0, 0.05) is 23.2 Å². The monoisotopic (exact) mass is 291 g/mol. The second kappa shape index (κ2) is 6.68. The van der Waals surface area contributed by atoms with E-state index in [1.165, 1.54) is 12.1 Å². The number of halogens is 2. The molecule has 0 bridgehead atoms. The Balaban J connectivity index is 2.19. The largest absolute Gasteiger partial charge is 0.488 e. The summed E-state index contributed by atoms with van der Waals surface area (Å²) in [5.41, 5.74) is 2.48. The molecule has 0 aromatic heterocycles. The molecule has 0 aliphatic rings. The third kappa shape index (κ3) is 3.79. The van der Waals surface area contributed by atoms with Gasteiger partial charge in [0.25, 0.3) is 0 Å². The molecular formula is C17H19F2NO. The van der Waals surface area contributed by atoms with Crippen LogP contribution in [-0.2, 0) is 6.61 Å². The maximum atomic E-state index is 13.6. The van der Waals surface area contributed by atoms with Gasteiger partial charge in [0.15, 0.2) is 0 Å². The smallest absolute Gasteiger partial charge is 0.132 e. The minimum atomic E-state index is -0.592. The maximum Gasteiger partial charge on any atom is 0.132 e. The van der Waals surface area contributed by atoms with Crippen molar-refractivity contribution in [1.29, 1.82) is 0 Å². The van der Waals surface area contributed by atoms with Gasteiger partial charge in [-0.25, -0.2) is 8.78 Å². The van der Waals surface area contributed by atoms with Gasteiger partial charge in [0.05, 0.1) is 0 Å². The molecule has 21 heavy (non-hydrogen) atoms. The predicted octanol–water partition coefficient (Wildman–Crippen LogP) is 4.13. The molecule has 0 radical (unpaired) electrons. The van der Waals surface area contributed by atoms with E-state index in [-0.39, 0.29) is 12.6 Å². The molecule has 0 fully saturated rings. The summed E-state index contributed by atoms with van der Waals surface area (Å²) in [6.45, 7) is 4.11. The summed E-state index contributed by atoms with van der Waals surface area (Å²) < 4.78 is 32.2. The SMILES string of the molecule is CNC(C)c1cc(C)ccc1OCc1ccc(F)cc1F. The predicted molar refractivity (Wildman–Crippen MR) is 79.3 cm³/mol. The van der Waals surface area contributed by atoms with E-state index in [2.05, 4.69) is 5.32 Å². The summed E-state index contributed by atoms with van der Waals surface area (Å²) in [4.78, 5) is 0. The fraction of sp³-hybridized carbons (Fsp3) is 0.294. The van der Waals surface area contributed by atoms with Crippen LogP contribution in [0.1, 0.15) is 29.7 Å². The molecule has 2 nitrogen and oxygen atoms in total. The number of benzene rings is 2. The first-order chi connectivity index (χ1) is 10.0. The summed E-state index contributed by atoms with van der Waals surface area (Å²) in [7, 11) is 1.87.